The summed E-state index contributed by atoms with van der Waals surface area (Å²) in [4.78, 5) is 12.2. The fourth-order valence-electron chi connectivity index (χ4n) is 1.83. The molecular formula is C15H13FINO2. The quantitative estimate of drug-likeness (QED) is 0.796. The van der Waals surface area contributed by atoms with Crippen molar-refractivity contribution in [1.82, 2.24) is 5.32 Å². The zero-order valence-electron chi connectivity index (χ0n) is 10.5. The first kappa shape index (κ1) is 14.9. The van der Waals surface area contributed by atoms with E-state index in [2.05, 4.69) is 5.32 Å². The van der Waals surface area contributed by atoms with Crippen LogP contribution in [-0.4, -0.2) is 17.6 Å². The normalized spacial score (nSPS) is 11.9. The van der Waals surface area contributed by atoms with E-state index in [1.807, 2.05) is 52.9 Å². The van der Waals surface area contributed by atoms with Crippen molar-refractivity contribution in [2.75, 3.05) is 6.61 Å². The lowest BCUT2D eigenvalue weighted by Crippen LogP contribution is -2.31. The highest BCUT2D eigenvalue weighted by Gasteiger charge is 2.16. The number of carbonyl (C=O) groups is 1. The van der Waals surface area contributed by atoms with E-state index in [0.717, 1.165) is 5.56 Å². The van der Waals surface area contributed by atoms with E-state index in [9.17, 15) is 14.3 Å². The summed E-state index contributed by atoms with van der Waals surface area (Å²) in [6.07, 6.45) is 0. The molecule has 3 nitrogen and oxygen atoms in total. The van der Waals surface area contributed by atoms with Crippen LogP contribution in [0, 0.1) is 9.39 Å². The van der Waals surface area contributed by atoms with Crippen LogP contribution in [0.15, 0.2) is 48.5 Å². The summed E-state index contributed by atoms with van der Waals surface area (Å²) in [6, 6.07) is 12.7. The molecule has 2 aromatic carbocycles. The molecule has 0 aromatic heterocycles. The maximum absolute atomic E-state index is 13.0. The summed E-state index contributed by atoms with van der Waals surface area (Å²) in [5.41, 5.74) is 1.21. The molecule has 0 unspecified atom stereocenters. The molecule has 0 radical (unpaired) electrons. The zero-order valence-corrected chi connectivity index (χ0v) is 12.7. The van der Waals surface area contributed by atoms with Gasteiger partial charge in [-0.1, -0.05) is 30.3 Å². The van der Waals surface area contributed by atoms with Gasteiger partial charge < -0.3 is 10.4 Å². The molecule has 0 saturated carbocycles. The van der Waals surface area contributed by atoms with E-state index in [1.165, 1.54) is 18.2 Å². The van der Waals surface area contributed by atoms with Crippen LogP contribution in [0.25, 0.3) is 0 Å². The lowest BCUT2D eigenvalue weighted by molar-refractivity contribution is 0.0915. The van der Waals surface area contributed by atoms with Crippen molar-refractivity contribution in [2.45, 2.75) is 6.04 Å². The minimum Gasteiger partial charge on any atom is -0.394 e. The Morgan fingerprint density at radius 1 is 1.25 bits per heavy atom. The number of hydrogen-bond acceptors (Lipinski definition) is 2. The Morgan fingerprint density at radius 3 is 2.55 bits per heavy atom. The van der Waals surface area contributed by atoms with E-state index in [1.54, 1.807) is 0 Å². The summed E-state index contributed by atoms with van der Waals surface area (Å²) in [5, 5.41) is 12.2. The van der Waals surface area contributed by atoms with Crippen molar-refractivity contribution >= 4 is 28.5 Å². The van der Waals surface area contributed by atoms with Gasteiger partial charge in [-0.15, -0.1) is 0 Å². The molecule has 0 heterocycles. The predicted molar refractivity (Wildman–Crippen MR) is 82.9 cm³/mol. The van der Waals surface area contributed by atoms with Crippen LogP contribution in [0.1, 0.15) is 22.0 Å². The topological polar surface area (TPSA) is 49.3 Å². The van der Waals surface area contributed by atoms with Crippen LogP contribution in [0.2, 0.25) is 0 Å². The molecule has 20 heavy (non-hydrogen) atoms. The van der Waals surface area contributed by atoms with Crippen molar-refractivity contribution in [3.63, 3.8) is 0 Å². The highest BCUT2D eigenvalue weighted by Crippen LogP contribution is 2.17. The Balaban J connectivity index is 2.17. The highest BCUT2D eigenvalue weighted by atomic mass is 127. The van der Waals surface area contributed by atoms with Gasteiger partial charge in [-0.3, -0.25) is 4.79 Å². The van der Waals surface area contributed by atoms with Gasteiger partial charge in [0.2, 0.25) is 0 Å². The van der Waals surface area contributed by atoms with Gasteiger partial charge in [0.25, 0.3) is 5.91 Å². The molecule has 0 saturated heterocycles. The number of halogens is 2. The molecule has 2 aromatic rings. The largest absolute Gasteiger partial charge is 0.394 e. The summed E-state index contributed by atoms with van der Waals surface area (Å²) in [5.74, 6) is -0.718. The molecule has 0 aliphatic rings. The second-order valence-electron chi connectivity index (χ2n) is 4.24. The van der Waals surface area contributed by atoms with Gasteiger partial charge in [0.1, 0.15) is 5.82 Å². The Hall–Kier alpha value is -1.47. The van der Waals surface area contributed by atoms with Crippen LogP contribution in [0.4, 0.5) is 4.39 Å². The van der Waals surface area contributed by atoms with Gasteiger partial charge >= 0.3 is 0 Å². The summed E-state index contributed by atoms with van der Waals surface area (Å²) in [7, 11) is 0. The van der Waals surface area contributed by atoms with E-state index in [-0.39, 0.29) is 18.3 Å². The summed E-state index contributed by atoms with van der Waals surface area (Å²) < 4.78 is 13.6. The number of amides is 1. The smallest absolute Gasteiger partial charge is 0.252 e. The standard InChI is InChI=1S/C15H13FINO2/c16-11-6-7-12(13(17)8-11)15(20)18-14(9-19)10-4-2-1-3-5-10/h1-8,14,19H,9H2,(H,18,20)/t14-/m1/s1. The Kier molecular flexibility index (Phi) is 5.08. The average molecular weight is 385 g/mol. The molecule has 1 atom stereocenters. The van der Waals surface area contributed by atoms with Crippen LogP contribution in [0.5, 0.6) is 0 Å². The number of aliphatic hydroxyl groups is 1. The first-order valence-corrected chi connectivity index (χ1v) is 7.11. The second kappa shape index (κ2) is 6.81. The van der Waals surface area contributed by atoms with E-state index in [0.29, 0.717) is 9.13 Å². The van der Waals surface area contributed by atoms with Crippen molar-refractivity contribution < 1.29 is 14.3 Å². The first-order valence-electron chi connectivity index (χ1n) is 6.03. The maximum Gasteiger partial charge on any atom is 0.252 e. The van der Waals surface area contributed by atoms with Gasteiger partial charge in [0, 0.05) is 3.57 Å². The molecule has 0 aliphatic carbocycles. The van der Waals surface area contributed by atoms with Gasteiger partial charge in [-0.2, -0.15) is 0 Å². The number of carbonyl (C=O) groups excluding carboxylic acids is 1. The monoisotopic (exact) mass is 385 g/mol. The Labute approximate surface area is 130 Å². The maximum atomic E-state index is 13.0. The van der Waals surface area contributed by atoms with Gasteiger partial charge in [-0.25, -0.2) is 4.39 Å². The van der Waals surface area contributed by atoms with Gasteiger partial charge in [0.05, 0.1) is 18.2 Å². The van der Waals surface area contributed by atoms with Crippen molar-refractivity contribution in [2.24, 2.45) is 0 Å². The molecule has 0 aliphatic heterocycles. The minimum atomic E-state index is -0.482. The zero-order chi connectivity index (χ0) is 14.5. The molecule has 1 amide bonds. The average Bonchev–Trinajstić information content (AvgIpc) is 2.45. The molecule has 104 valence electrons. The van der Waals surface area contributed by atoms with Crippen molar-refractivity contribution in [3.05, 3.63) is 69.0 Å². The number of benzene rings is 2. The highest BCUT2D eigenvalue weighted by molar-refractivity contribution is 14.1. The van der Waals surface area contributed by atoms with Crippen LogP contribution in [0.3, 0.4) is 0 Å². The fraction of sp³-hybridized carbons (Fsp3) is 0.133. The number of rotatable bonds is 4. The molecule has 0 bridgehead atoms. The van der Waals surface area contributed by atoms with E-state index >= 15 is 0 Å². The lowest BCUT2D eigenvalue weighted by atomic mass is 10.1. The number of aliphatic hydroxyl groups excluding tert-OH is 1. The summed E-state index contributed by atoms with van der Waals surface area (Å²) in [6.45, 7) is -0.201. The number of hydrogen-bond donors (Lipinski definition) is 2. The number of nitrogens with one attached hydrogen (secondary N) is 1. The fourth-order valence-corrected chi connectivity index (χ4v) is 2.55. The first-order chi connectivity index (χ1) is 9.61. The second-order valence-corrected chi connectivity index (χ2v) is 5.41. The third kappa shape index (κ3) is 3.55. The molecular weight excluding hydrogens is 372 g/mol. The molecule has 0 fully saturated rings. The van der Waals surface area contributed by atoms with Crippen LogP contribution >= 0.6 is 22.6 Å². The minimum absolute atomic E-state index is 0.201. The van der Waals surface area contributed by atoms with Crippen LogP contribution < -0.4 is 5.32 Å². The van der Waals surface area contributed by atoms with Gasteiger partial charge in [0.15, 0.2) is 0 Å². The summed E-state index contributed by atoms with van der Waals surface area (Å²) >= 11 is 1.91. The van der Waals surface area contributed by atoms with Crippen molar-refractivity contribution in [3.8, 4) is 0 Å². The molecule has 2 N–H and O–H groups in total. The molecule has 5 heteroatoms. The third-order valence-electron chi connectivity index (χ3n) is 2.87. The van der Waals surface area contributed by atoms with E-state index < -0.39 is 6.04 Å². The third-order valence-corrected chi connectivity index (χ3v) is 3.76. The Morgan fingerprint density at radius 2 is 1.95 bits per heavy atom. The van der Waals surface area contributed by atoms with Crippen LogP contribution in [-0.2, 0) is 0 Å². The molecule has 2 rings (SSSR count). The molecule has 0 spiro atoms. The van der Waals surface area contributed by atoms with Gasteiger partial charge in [-0.05, 0) is 46.4 Å². The van der Waals surface area contributed by atoms with Crippen molar-refractivity contribution in [1.29, 1.82) is 0 Å². The lowest BCUT2D eigenvalue weighted by Gasteiger charge is -2.17. The Bertz CT molecular complexity index is 604. The predicted octanol–water partition coefficient (Wildman–Crippen LogP) is 2.89. The van der Waals surface area contributed by atoms with E-state index in [4.69, 9.17) is 0 Å². The SMILES string of the molecule is O=C(N[C@H](CO)c1ccccc1)c1ccc(F)cc1I.